The molecule has 1 saturated carbocycles. The van der Waals surface area contributed by atoms with Crippen LogP contribution in [0.2, 0.25) is 0 Å². The van der Waals surface area contributed by atoms with Crippen molar-refractivity contribution in [3.05, 3.63) is 65.0 Å². The lowest BCUT2D eigenvalue weighted by Crippen LogP contribution is -2.24. The molecule has 2 aromatic rings. The first-order valence-electron chi connectivity index (χ1n) is 8.57. The normalized spacial score (nSPS) is 14.2. The van der Waals surface area contributed by atoms with Crippen LogP contribution < -0.4 is 4.74 Å². The van der Waals surface area contributed by atoms with E-state index in [0.717, 1.165) is 24.0 Å². The van der Waals surface area contributed by atoms with E-state index in [9.17, 15) is 9.18 Å². The molecule has 25 heavy (non-hydrogen) atoms. The Labute approximate surface area is 147 Å². The molecule has 0 aliphatic heterocycles. The second-order valence-corrected chi connectivity index (χ2v) is 7.42. The Morgan fingerprint density at radius 3 is 2.44 bits per heavy atom. The number of benzene rings is 2. The Morgan fingerprint density at radius 1 is 1.16 bits per heavy atom. The van der Waals surface area contributed by atoms with Gasteiger partial charge >= 0.3 is 5.97 Å². The summed E-state index contributed by atoms with van der Waals surface area (Å²) in [6.07, 6.45) is 2.06. The lowest BCUT2D eigenvalue weighted by atomic mass is 10.0. The number of hydrogen-bond acceptors (Lipinski definition) is 3. The highest BCUT2D eigenvalue weighted by Crippen LogP contribution is 2.45. The standard InChI is InChI=1S/C21H23FO3/c1-21(2,3)25-20(23)17-11-16(15-9-10-15)19(12-18(17)22)24-13-14-7-5-4-6-8-14/h4-8,11-12,15H,9-10,13H2,1-3H3. The maximum Gasteiger partial charge on any atom is 0.341 e. The van der Waals surface area contributed by atoms with Crippen molar-refractivity contribution >= 4 is 5.97 Å². The highest BCUT2D eigenvalue weighted by atomic mass is 19.1. The topological polar surface area (TPSA) is 35.5 Å². The van der Waals surface area contributed by atoms with Crippen LogP contribution in [0.15, 0.2) is 42.5 Å². The van der Waals surface area contributed by atoms with Gasteiger partial charge in [-0.15, -0.1) is 0 Å². The minimum atomic E-state index is -0.661. The molecule has 0 spiro atoms. The molecule has 4 heteroatoms. The summed E-state index contributed by atoms with van der Waals surface area (Å²) in [5.41, 5.74) is 1.22. The first-order valence-corrected chi connectivity index (χ1v) is 8.57. The lowest BCUT2D eigenvalue weighted by Gasteiger charge is -2.20. The lowest BCUT2D eigenvalue weighted by molar-refractivity contribution is 0.00645. The Hall–Kier alpha value is -2.36. The largest absolute Gasteiger partial charge is 0.489 e. The van der Waals surface area contributed by atoms with Gasteiger partial charge in [0.25, 0.3) is 0 Å². The highest BCUT2D eigenvalue weighted by Gasteiger charge is 2.30. The van der Waals surface area contributed by atoms with Crippen molar-refractivity contribution in [3.63, 3.8) is 0 Å². The third-order valence-corrected chi connectivity index (χ3v) is 3.97. The number of ether oxygens (including phenoxy) is 2. The number of halogens is 1. The molecule has 132 valence electrons. The molecule has 0 amide bonds. The molecular formula is C21H23FO3. The van der Waals surface area contributed by atoms with Crippen LogP contribution in [0.4, 0.5) is 4.39 Å². The second-order valence-electron chi connectivity index (χ2n) is 7.42. The fourth-order valence-electron chi connectivity index (χ4n) is 2.63. The highest BCUT2D eigenvalue weighted by molar-refractivity contribution is 5.90. The molecular weight excluding hydrogens is 319 g/mol. The first kappa shape index (κ1) is 17.5. The van der Waals surface area contributed by atoms with Gasteiger partial charge in [0.05, 0.1) is 5.56 Å². The second kappa shape index (κ2) is 6.87. The van der Waals surface area contributed by atoms with Crippen molar-refractivity contribution in [1.29, 1.82) is 0 Å². The van der Waals surface area contributed by atoms with Gasteiger partial charge in [0.1, 0.15) is 23.8 Å². The first-order chi connectivity index (χ1) is 11.8. The van der Waals surface area contributed by atoms with Gasteiger partial charge in [0.15, 0.2) is 0 Å². The Morgan fingerprint density at radius 2 is 1.84 bits per heavy atom. The predicted octanol–water partition coefficient (Wildman–Crippen LogP) is 5.24. The quantitative estimate of drug-likeness (QED) is 0.697. The maximum atomic E-state index is 14.5. The summed E-state index contributed by atoms with van der Waals surface area (Å²) in [6, 6.07) is 12.6. The van der Waals surface area contributed by atoms with Gasteiger partial charge in [0, 0.05) is 6.07 Å². The summed E-state index contributed by atoms with van der Waals surface area (Å²) in [6.45, 7) is 5.66. The summed E-state index contributed by atoms with van der Waals surface area (Å²) >= 11 is 0. The summed E-state index contributed by atoms with van der Waals surface area (Å²) in [5.74, 6) is -0.410. The van der Waals surface area contributed by atoms with Crippen LogP contribution >= 0.6 is 0 Å². The summed E-state index contributed by atoms with van der Waals surface area (Å²) in [5, 5.41) is 0. The van der Waals surface area contributed by atoms with Gasteiger partial charge in [-0.1, -0.05) is 30.3 Å². The molecule has 1 fully saturated rings. The molecule has 0 unspecified atom stereocenters. The van der Waals surface area contributed by atoms with Crippen molar-refractivity contribution in [2.24, 2.45) is 0 Å². The summed E-state index contributed by atoms with van der Waals surface area (Å²) < 4.78 is 25.6. The average Bonchev–Trinajstić information content (AvgIpc) is 3.37. The van der Waals surface area contributed by atoms with E-state index in [1.165, 1.54) is 6.07 Å². The minimum Gasteiger partial charge on any atom is -0.489 e. The summed E-state index contributed by atoms with van der Waals surface area (Å²) in [7, 11) is 0. The summed E-state index contributed by atoms with van der Waals surface area (Å²) in [4.78, 5) is 12.3. The van der Waals surface area contributed by atoms with Crippen molar-refractivity contribution in [2.45, 2.75) is 51.7 Å². The van der Waals surface area contributed by atoms with Gasteiger partial charge in [-0.25, -0.2) is 9.18 Å². The zero-order valence-corrected chi connectivity index (χ0v) is 14.8. The van der Waals surface area contributed by atoms with Crippen LogP contribution in [0.5, 0.6) is 5.75 Å². The van der Waals surface area contributed by atoms with Gasteiger partial charge in [-0.2, -0.15) is 0 Å². The van der Waals surface area contributed by atoms with E-state index in [4.69, 9.17) is 9.47 Å². The van der Waals surface area contributed by atoms with Crippen LogP contribution in [0.25, 0.3) is 0 Å². The van der Waals surface area contributed by atoms with Crippen LogP contribution in [-0.2, 0) is 11.3 Å². The van der Waals surface area contributed by atoms with E-state index < -0.39 is 17.4 Å². The van der Waals surface area contributed by atoms with E-state index in [-0.39, 0.29) is 5.56 Å². The van der Waals surface area contributed by atoms with E-state index >= 15 is 0 Å². The van der Waals surface area contributed by atoms with Crippen molar-refractivity contribution in [1.82, 2.24) is 0 Å². The maximum absolute atomic E-state index is 14.5. The molecule has 0 saturated heterocycles. The molecule has 3 nitrogen and oxygen atoms in total. The van der Waals surface area contributed by atoms with Crippen LogP contribution in [0, 0.1) is 5.82 Å². The van der Waals surface area contributed by atoms with Crippen LogP contribution in [-0.4, -0.2) is 11.6 Å². The van der Waals surface area contributed by atoms with Crippen LogP contribution in [0.1, 0.15) is 61.0 Å². The van der Waals surface area contributed by atoms with Gasteiger partial charge in [-0.05, 0) is 56.7 Å². The average molecular weight is 342 g/mol. The third kappa shape index (κ3) is 4.59. The third-order valence-electron chi connectivity index (χ3n) is 3.97. The number of esters is 1. The predicted molar refractivity (Wildman–Crippen MR) is 94.3 cm³/mol. The van der Waals surface area contributed by atoms with Crippen molar-refractivity contribution in [3.8, 4) is 5.75 Å². The van der Waals surface area contributed by atoms with Crippen LogP contribution in [0.3, 0.4) is 0 Å². The molecule has 1 aliphatic carbocycles. The van der Waals surface area contributed by atoms with Crippen molar-refractivity contribution < 1.29 is 18.7 Å². The number of rotatable bonds is 5. The molecule has 2 aromatic carbocycles. The van der Waals surface area contributed by atoms with E-state index in [2.05, 4.69) is 0 Å². The molecule has 0 atom stereocenters. The molecule has 0 bridgehead atoms. The SMILES string of the molecule is CC(C)(C)OC(=O)c1cc(C2CC2)c(OCc2ccccc2)cc1F. The molecule has 1 aliphatic rings. The van der Waals surface area contributed by atoms with E-state index in [1.807, 2.05) is 30.3 Å². The van der Waals surface area contributed by atoms with Gasteiger partial charge < -0.3 is 9.47 Å². The van der Waals surface area contributed by atoms with Gasteiger partial charge in [0.2, 0.25) is 0 Å². The molecule has 3 rings (SSSR count). The number of hydrogen-bond donors (Lipinski definition) is 0. The number of carbonyl (C=O) groups excluding carboxylic acids is 1. The Kier molecular flexibility index (Phi) is 4.80. The number of carbonyl (C=O) groups is 1. The molecule has 0 heterocycles. The zero-order valence-electron chi connectivity index (χ0n) is 14.8. The Bertz CT molecular complexity index is 759. The zero-order chi connectivity index (χ0) is 18.0. The molecule has 0 radical (unpaired) electrons. The fourth-order valence-corrected chi connectivity index (χ4v) is 2.63. The van der Waals surface area contributed by atoms with E-state index in [0.29, 0.717) is 18.3 Å². The molecule has 0 N–H and O–H groups in total. The Balaban J connectivity index is 1.84. The molecule has 0 aromatic heterocycles. The fraction of sp³-hybridized carbons (Fsp3) is 0.381. The van der Waals surface area contributed by atoms with E-state index in [1.54, 1.807) is 26.8 Å². The monoisotopic (exact) mass is 342 g/mol. The van der Waals surface area contributed by atoms with Gasteiger partial charge in [-0.3, -0.25) is 0 Å². The smallest absolute Gasteiger partial charge is 0.341 e. The van der Waals surface area contributed by atoms with Crippen molar-refractivity contribution in [2.75, 3.05) is 0 Å². The minimum absolute atomic E-state index is 0.0242.